The molecule has 2 aliphatic rings. The van der Waals surface area contributed by atoms with Crippen LogP contribution in [0, 0.1) is 0 Å². The fourth-order valence-corrected chi connectivity index (χ4v) is 7.45. The van der Waals surface area contributed by atoms with Crippen molar-refractivity contribution >= 4 is 47.2 Å². The van der Waals surface area contributed by atoms with E-state index in [0.29, 0.717) is 22.3 Å². The molecule has 0 unspecified atom stereocenters. The molecule has 0 fully saturated rings. The fraction of sp³-hybridized carbons (Fsp3) is 0.0698. The average molecular weight is 707 g/mol. The van der Waals surface area contributed by atoms with Crippen LogP contribution in [0.5, 0.6) is 0 Å². The van der Waals surface area contributed by atoms with E-state index in [9.17, 15) is 19.2 Å². The number of amides is 4. The number of carbonyl (C=O) groups is 4. The van der Waals surface area contributed by atoms with Gasteiger partial charge in [-0.05, 0) is 77.4 Å². The maximum Gasteiger partial charge on any atom is 0.261 e. The summed E-state index contributed by atoms with van der Waals surface area (Å²) in [6.45, 7) is 8.06. The predicted octanol–water partition coefficient (Wildman–Crippen LogP) is 9.51. The molecule has 0 radical (unpaired) electrons. The van der Waals surface area contributed by atoms with Gasteiger partial charge in [-0.1, -0.05) is 110 Å². The first-order chi connectivity index (χ1) is 24.9. The van der Waals surface area contributed by atoms with Crippen molar-refractivity contribution in [1.82, 2.24) is 9.80 Å². The normalized spacial score (nSPS) is 13.5. The van der Waals surface area contributed by atoms with Crippen LogP contribution in [0.2, 0.25) is 0 Å². The van der Waals surface area contributed by atoms with E-state index in [0.717, 1.165) is 37.1 Å². The molecule has 0 N–H and O–H groups in total. The summed E-state index contributed by atoms with van der Waals surface area (Å²) in [5.74, 6) is -0.0836. The molecule has 6 nitrogen and oxygen atoms in total. The molecule has 5 aromatic carbocycles. The van der Waals surface area contributed by atoms with Crippen LogP contribution in [-0.2, 0) is 13.1 Å². The second-order valence-electron chi connectivity index (χ2n) is 11.7. The van der Waals surface area contributed by atoms with Gasteiger partial charge in [0, 0.05) is 20.4 Å². The number of imide groups is 2. The summed E-state index contributed by atoms with van der Waals surface area (Å²) in [5.41, 5.74) is 4.92. The first kappa shape index (κ1) is 35.1. The first-order valence-electron chi connectivity index (χ1n) is 16.2. The number of benzene rings is 5. The highest BCUT2D eigenvalue weighted by atomic mass is 32.2. The minimum atomic E-state index is -0.228. The summed E-state index contributed by atoms with van der Waals surface area (Å²) in [5, 5.41) is 0. The standard InChI is InChI=1S/C22H19NO2S.C21H15NO2S/c1-3-7-16(4-2)15-26-18-12-10-17(11-13-18)14-23-21(24)19-8-5-6-9-20(19)22(23)25;23-20-18-11-4-5-12-19(18)21(24)22(20)14-15-7-6-10-17(13-15)25-16-8-2-1-3-9-16/h3-13H,1-2,14-15H2;1-13H,14H2/b16-7+;. The van der Waals surface area contributed by atoms with Gasteiger partial charge in [0.2, 0.25) is 0 Å². The van der Waals surface area contributed by atoms with Crippen molar-refractivity contribution in [2.75, 3.05) is 5.75 Å². The van der Waals surface area contributed by atoms with Crippen LogP contribution in [0.1, 0.15) is 52.6 Å². The van der Waals surface area contributed by atoms with Crippen LogP contribution >= 0.6 is 23.5 Å². The number of carbonyl (C=O) groups excluding carboxylic acids is 4. The zero-order valence-electron chi connectivity index (χ0n) is 27.7. The molecule has 4 amide bonds. The lowest BCUT2D eigenvalue weighted by molar-refractivity contribution is 0.0627. The van der Waals surface area contributed by atoms with E-state index >= 15 is 0 Å². The van der Waals surface area contributed by atoms with Crippen molar-refractivity contribution in [3.63, 3.8) is 0 Å². The van der Waals surface area contributed by atoms with Crippen molar-refractivity contribution < 1.29 is 19.2 Å². The van der Waals surface area contributed by atoms with E-state index in [1.807, 2.05) is 78.9 Å². The zero-order valence-corrected chi connectivity index (χ0v) is 29.4. The van der Waals surface area contributed by atoms with Gasteiger partial charge in [-0.25, -0.2) is 0 Å². The Balaban J connectivity index is 0.000000176. The molecular formula is C43H34N2O4S2. The fourth-order valence-electron chi connectivity index (χ4n) is 5.65. The molecule has 252 valence electrons. The Kier molecular flexibility index (Phi) is 11.3. The van der Waals surface area contributed by atoms with Gasteiger partial charge in [0.25, 0.3) is 23.6 Å². The third kappa shape index (κ3) is 8.20. The monoisotopic (exact) mass is 706 g/mol. The van der Waals surface area contributed by atoms with Gasteiger partial charge in [-0.3, -0.25) is 29.0 Å². The molecule has 8 heteroatoms. The number of allylic oxidation sites excluding steroid dienone is 3. The molecule has 5 aromatic rings. The lowest BCUT2D eigenvalue weighted by atomic mass is 10.1. The Bertz CT molecular complexity index is 2090. The van der Waals surface area contributed by atoms with Crippen molar-refractivity contribution in [2.45, 2.75) is 27.8 Å². The van der Waals surface area contributed by atoms with Gasteiger partial charge >= 0.3 is 0 Å². The molecule has 0 saturated carbocycles. The van der Waals surface area contributed by atoms with Crippen LogP contribution in [0.3, 0.4) is 0 Å². The van der Waals surface area contributed by atoms with Crippen molar-refractivity contribution in [3.8, 4) is 0 Å². The lowest BCUT2D eigenvalue weighted by Gasteiger charge is -2.14. The molecule has 7 rings (SSSR count). The number of rotatable bonds is 11. The lowest BCUT2D eigenvalue weighted by Crippen LogP contribution is -2.29. The van der Waals surface area contributed by atoms with Gasteiger partial charge in [-0.15, -0.1) is 11.8 Å². The molecule has 51 heavy (non-hydrogen) atoms. The highest BCUT2D eigenvalue weighted by Crippen LogP contribution is 2.30. The predicted molar refractivity (Wildman–Crippen MR) is 204 cm³/mol. The average Bonchev–Trinajstić information content (AvgIpc) is 3.55. The molecule has 0 bridgehead atoms. The molecule has 2 aliphatic heterocycles. The van der Waals surface area contributed by atoms with Crippen molar-refractivity contribution in [2.24, 2.45) is 0 Å². The Morgan fingerprint density at radius 3 is 1.53 bits per heavy atom. The van der Waals surface area contributed by atoms with E-state index < -0.39 is 0 Å². The highest BCUT2D eigenvalue weighted by Gasteiger charge is 2.36. The van der Waals surface area contributed by atoms with Crippen molar-refractivity contribution in [1.29, 1.82) is 0 Å². The summed E-state index contributed by atoms with van der Waals surface area (Å²) in [7, 11) is 0. The number of nitrogens with zero attached hydrogens (tertiary/aromatic N) is 2. The summed E-state index contributed by atoms with van der Waals surface area (Å²) in [6, 6.07) is 39.9. The summed E-state index contributed by atoms with van der Waals surface area (Å²) >= 11 is 3.36. The van der Waals surface area contributed by atoms with Gasteiger partial charge < -0.3 is 0 Å². The Morgan fingerprint density at radius 2 is 1.02 bits per heavy atom. The minimum absolute atomic E-state index is 0.221. The van der Waals surface area contributed by atoms with E-state index in [2.05, 4.69) is 25.3 Å². The summed E-state index contributed by atoms with van der Waals surface area (Å²) in [4.78, 5) is 55.8. The zero-order chi connectivity index (χ0) is 35.7. The number of fused-ring (bicyclic) bond motifs is 2. The second-order valence-corrected chi connectivity index (χ2v) is 13.9. The largest absolute Gasteiger partial charge is 0.270 e. The molecule has 2 heterocycles. The van der Waals surface area contributed by atoms with E-state index in [1.54, 1.807) is 78.1 Å². The van der Waals surface area contributed by atoms with Crippen molar-refractivity contribution in [3.05, 3.63) is 198 Å². The van der Waals surface area contributed by atoms with Crippen LogP contribution in [0.15, 0.2) is 179 Å². The topological polar surface area (TPSA) is 74.8 Å². The molecule has 0 aliphatic carbocycles. The first-order valence-corrected chi connectivity index (χ1v) is 18.0. The molecule has 0 aromatic heterocycles. The van der Waals surface area contributed by atoms with E-state index in [1.165, 1.54) is 9.80 Å². The Labute approximate surface area is 306 Å². The maximum atomic E-state index is 12.5. The SMILES string of the molecule is C=C/C=C(\C=C)CSc1ccc(CN2C(=O)c3ccccc3C2=O)cc1.O=C1c2ccccc2C(=O)N1Cc1cccc(Sc2ccccc2)c1. The number of thioether (sulfide) groups is 1. The summed E-state index contributed by atoms with van der Waals surface area (Å²) in [6.07, 6.45) is 5.52. The van der Waals surface area contributed by atoms with Crippen LogP contribution < -0.4 is 0 Å². The third-order valence-corrected chi connectivity index (χ3v) is 10.3. The second kappa shape index (κ2) is 16.3. The Hall–Kier alpha value is -5.70. The van der Waals surface area contributed by atoms with Gasteiger partial charge in [0.15, 0.2) is 0 Å². The van der Waals surface area contributed by atoms with Crippen LogP contribution in [0.25, 0.3) is 0 Å². The van der Waals surface area contributed by atoms with Crippen LogP contribution in [-0.4, -0.2) is 39.2 Å². The Morgan fingerprint density at radius 1 is 0.529 bits per heavy atom. The number of hydrogen-bond acceptors (Lipinski definition) is 6. The number of hydrogen-bond donors (Lipinski definition) is 0. The molecule has 0 atom stereocenters. The molecular weight excluding hydrogens is 673 g/mol. The van der Waals surface area contributed by atoms with Gasteiger partial charge in [0.1, 0.15) is 0 Å². The summed E-state index contributed by atoms with van der Waals surface area (Å²) < 4.78 is 0. The maximum absolute atomic E-state index is 12.5. The quantitative estimate of drug-likeness (QED) is 0.0774. The molecule has 0 spiro atoms. The van der Waals surface area contributed by atoms with E-state index in [4.69, 9.17) is 0 Å². The van der Waals surface area contributed by atoms with E-state index in [-0.39, 0.29) is 36.7 Å². The van der Waals surface area contributed by atoms with Crippen LogP contribution in [0.4, 0.5) is 0 Å². The van der Waals surface area contributed by atoms with Gasteiger partial charge in [-0.2, -0.15) is 0 Å². The van der Waals surface area contributed by atoms with Gasteiger partial charge in [0.05, 0.1) is 35.3 Å². The minimum Gasteiger partial charge on any atom is -0.270 e. The molecule has 0 saturated heterocycles. The highest BCUT2D eigenvalue weighted by molar-refractivity contribution is 7.99. The third-order valence-electron chi connectivity index (χ3n) is 8.24. The smallest absolute Gasteiger partial charge is 0.261 e.